The lowest BCUT2D eigenvalue weighted by Crippen LogP contribution is -2.46. The Morgan fingerprint density at radius 1 is 0.900 bits per heavy atom. The number of aryl methyl sites for hydroxylation is 2. The number of piperazine rings is 1. The highest BCUT2D eigenvalue weighted by molar-refractivity contribution is 5.75. The van der Waals surface area contributed by atoms with Crippen LogP contribution in [0.4, 0.5) is 18.9 Å². The molecule has 0 N–H and O–H groups in total. The van der Waals surface area contributed by atoms with Crippen molar-refractivity contribution >= 4 is 16.7 Å². The van der Waals surface area contributed by atoms with Crippen LogP contribution in [-0.2, 0) is 12.7 Å². The maximum absolute atomic E-state index is 13.0. The topological polar surface area (TPSA) is 24.3 Å². The van der Waals surface area contributed by atoms with E-state index in [1.54, 1.807) is 6.07 Å². The van der Waals surface area contributed by atoms with Crippen molar-refractivity contribution in [1.82, 2.24) is 14.5 Å². The van der Waals surface area contributed by atoms with Crippen LogP contribution in [0.1, 0.15) is 24.2 Å². The number of nitrogens with zero attached hydrogens (tertiary/aromatic N) is 4. The van der Waals surface area contributed by atoms with Crippen molar-refractivity contribution in [2.75, 3.05) is 37.6 Å². The molecular formula is C23H27F3N4. The van der Waals surface area contributed by atoms with Gasteiger partial charge in [0, 0.05) is 38.4 Å². The number of fused-ring (bicyclic) bond motifs is 1. The van der Waals surface area contributed by atoms with Crippen LogP contribution in [-0.4, -0.2) is 47.2 Å². The van der Waals surface area contributed by atoms with E-state index in [0.29, 0.717) is 5.69 Å². The molecule has 3 aromatic rings. The molecule has 1 aliphatic heterocycles. The molecule has 0 saturated carbocycles. The van der Waals surface area contributed by atoms with Crippen molar-refractivity contribution in [2.24, 2.45) is 0 Å². The maximum Gasteiger partial charge on any atom is 0.416 e. The molecule has 2 aromatic carbocycles. The molecule has 1 aliphatic rings. The molecule has 0 spiro atoms. The number of benzene rings is 2. The van der Waals surface area contributed by atoms with Crippen molar-refractivity contribution < 1.29 is 13.2 Å². The molecule has 0 bridgehead atoms. The zero-order chi connectivity index (χ0) is 21.1. The van der Waals surface area contributed by atoms with Gasteiger partial charge in [-0.05, 0) is 56.6 Å². The van der Waals surface area contributed by atoms with Crippen molar-refractivity contribution in [3.8, 4) is 0 Å². The first-order valence-corrected chi connectivity index (χ1v) is 10.5. The molecular weight excluding hydrogens is 389 g/mol. The molecule has 1 fully saturated rings. The summed E-state index contributed by atoms with van der Waals surface area (Å²) in [6, 6.07) is 13.9. The van der Waals surface area contributed by atoms with E-state index in [2.05, 4.69) is 20.5 Å². The molecule has 0 radical (unpaired) electrons. The van der Waals surface area contributed by atoms with Crippen molar-refractivity contribution in [3.63, 3.8) is 0 Å². The number of hydrogen-bond acceptors (Lipinski definition) is 3. The third-order valence-electron chi connectivity index (χ3n) is 5.86. The highest BCUT2D eigenvalue weighted by atomic mass is 19.4. The third-order valence-corrected chi connectivity index (χ3v) is 5.86. The monoisotopic (exact) mass is 416 g/mol. The van der Waals surface area contributed by atoms with Crippen molar-refractivity contribution in [3.05, 3.63) is 59.9 Å². The first kappa shape index (κ1) is 20.7. The van der Waals surface area contributed by atoms with Crippen LogP contribution >= 0.6 is 0 Å². The standard InChI is InChI=1S/C23H27F3N4/c1-18-27-21-9-2-3-10-22(21)30(18)12-5-4-11-28-13-15-29(16-14-28)20-8-6-7-19(17-20)23(24,25)26/h2-3,6-10,17H,4-5,11-16H2,1H3. The molecule has 4 nitrogen and oxygen atoms in total. The SMILES string of the molecule is Cc1nc2ccccc2n1CCCCN1CCN(c2cccc(C(F)(F)F)c2)CC1. The van der Waals surface area contributed by atoms with Crippen LogP contribution in [0.3, 0.4) is 0 Å². The minimum absolute atomic E-state index is 0.579. The summed E-state index contributed by atoms with van der Waals surface area (Å²) in [5.74, 6) is 1.05. The Kier molecular flexibility index (Phi) is 5.99. The number of aromatic nitrogens is 2. The van der Waals surface area contributed by atoms with Crippen LogP contribution in [0.25, 0.3) is 11.0 Å². The minimum atomic E-state index is -4.29. The Hall–Kier alpha value is -2.54. The number of halogens is 3. The Labute approximate surface area is 174 Å². The van der Waals surface area contributed by atoms with E-state index in [4.69, 9.17) is 0 Å². The molecule has 0 aliphatic carbocycles. The van der Waals surface area contributed by atoms with Gasteiger partial charge in [-0.2, -0.15) is 13.2 Å². The Balaban J connectivity index is 1.24. The predicted molar refractivity (Wildman–Crippen MR) is 114 cm³/mol. The van der Waals surface area contributed by atoms with E-state index < -0.39 is 11.7 Å². The molecule has 7 heteroatoms. The number of imidazole rings is 1. The second-order valence-electron chi connectivity index (χ2n) is 7.88. The molecule has 0 atom stereocenters. The fraction of sp³-hybridized carbons (Fsp3) is 0.435. The van der Waals surface area contributed by atoms with Crippen LogP contribution in [0.5, 0.6) is 0 Å². The molecule has 1 aromatic heterocycles. The average Bonchev–Trinajstić information content (AvgIpc) is 3.06. The quantitative estimate of drug-likeness (QED) is 0.531. The first-order chi connectivity index (χ1) is 14.4. The highest BCUT2D eigenvalue weighted by Gasteiger charge is 2.31. The van der Waals surface area contributed by atoms with E-state index in [-0.39, 0.29) is 0 Å². The largest absolute Gasteiger partial charge is 0.416 e. The molecule has 1 saturated heterocycles. The number of alkyl halides is 3. The number of para-hydroxylation sites is 2. The Bertz CT molecular complexity index is 988. The number of unbranched alkanes of at least 4 members (excludes halogenated alkanes) is 1. The van der Waals surface area contributed by atoms with Crippen molar-refractivity contribution in [1.29, 1.82) is 0 Å². The summed E-state index contributed by atoms with van der Waals surface area (Å²) in [6.45, 7) is 7.29. The number of anilines is 1. The van der Waals surface area contributed by atoms with E-state index in [0.717, 1.165) is 69.5 Å². The van der Waals surface area contributed by atoms with E-state index in [1.165, 1.54) is 17.6 Å². The zero-order valence-electron chi connectivity index (χ0n) is 17.2. The zero-order valence-corrected chi connectivity index (χ0v) is 17.2. The molecule has 0 unspecified atom stereocenters. The van der Waals surface area contributed by atoms with Gasteiger partial charge in [-0.25, -0.2) is 4.98 Å². The molecule has 2 heterocycles. The lowest BCUT2D eigenvalue weighted by molar-refractivity contribution is -0.137. The fourth-order valence-corrected chi connectivity index (χ4v) is 4.19. The molecule has 4 rings (SSSR count). The van der Waals surface area contributed by atoms with Gasteiger partial charge >= 0.3 is 6.18 Å². The maximum atomic E-state index is 13.0. The highest BCUT2D eigenvalue weighted by Crippen LogP contribution is 2.31. The van der Waals surface area contributed by atoms with E-state index in [9.17, 15) is 13.2 Å². The lowest BCUT2D eigenvalue weighted by atomic mass is 10.1. The minimum Gasteiger partial charge on any atom is -0.369 e. The summed E-state index contributed by atoms with van der Waals surface area (Å²) in [5, 5.41) is 0. The Morgan fingerprint density at radius 2 is 1.63 bits per heavy atom. The summed E-state index contributed by atoms with van der Waals surface area (Å²) in [5.41, 5.74) is 2.31. The van der Waals surface area contributed by atoms with Gasteiger partial charge in [0.05, 0.1) is 16.6 Å². The van der Waals surface area contributed by atoms with Crippen LogP contribution < -0.4 is 4.90 Å². The molecule has 30 heavy (non-hydrogen) atoms. The van der Waals surface area contributed by atoms with Gasteiger partial charge in [-0.1, -0.05) is 18.2 Å². The third kappa shape index (κ3) is 4.61. The van der Waals surface area contributed by atoms with Gasteiger partial charge in [-0.15, -0.1) is 0 Å². The lowest BCUT2D eigenvalue weighted by Gasteiger charge is -2.36. The van der Waals surface area contributed by atoms with Crippen molar-refractivity contribution in [2.45, 2.75) is 32.5 Å². The van der Waals surface area contributed by atoms with Crippen LogP contribution in [0, 0.1) is 6.92 Å². The summed E-state index contributed by atoms with van der Waals surface area (Å²) >= 11 is 0. The summed E-state index contributed by atoms with van der Waals surface area (Å²) in [7, 11) is 0. The number of hydrogen-bond donors (Lipinski definition) is 0. The van der Waals surface area contributed by atoms with Gasteiger partial charge in [0.25, 0.3) is 0 Å². The van der Waals surface area contributed by atoms with Crippen LogP contribution in [0.15, 0.2) is 48.5 Å². The van der Waals surface area contributed by atoms with E-state index >= 15 is 0 Å². The van der Waals surface area contributed by atoms with E-state index in [1.807, 2.05) is 30.0 Å². The van der Waals surface area contributed by atoms with Gasteiger partial charge in [-0.3, -0.25) is 4.90 Å². The molecule has 160 valence electrons. The smallest absolute Gasteiger partial charge is 0.369 e. The fourth-order valence-electron chi connectivity index (χ4n) is 4.19. The van der Waals surface area contributed by atoms with Gasteiger partial charge in [0.1, 0.15) is 5.82 Å². The summed E-state index contributed by atoms with van der Waals surface area (Å²) < 4.78 is 41.1. The summed E-state index contributed by atoms with van der Waals surface area (Å²) in [6.07, 6.45) is -2.12. The molecule has 0 amide bonds. The van der Waals surface area contributed by atoms with Gasteiger partial charge < -0.3 is 9.47 Å². The van der Waals surface area contributed by atoms with Gasteiger partial charge in [0.15, 0.2) is 0 Å². The second-order valence-corrected chi connectivity index (χ2v) is 7.88. The van der Waals surface area contributed by atoms with Crippen LogP contribution in [0.2, 0.25) is 0 Å². The normalized spacial score (nSPS) is 15.8. The predicted octanol–water partition coefficient (Wildman–Crippen LogP) is 4.97. The Morgan fingerprint density at radius 3 is 2.40 bits per heavy atom. The summed E-state index contributed by atoms with van der Waals surface area (Å²) in [4.78, 5) is 9.07. The van der Waals surface area contributed by atoms with Gasteiger partial charge in [0.2, 0.25) is 0 Å². The second kappa shape index (κ2) is 8.68. The number of rotatable bonds is 6. The average molecular weight is 416 g/mol. The first-order valence-electron chi connectivity index (χ1n) is 10.5.